The standard InChI is InChI=1S/C6H6N5OS/c12-2-1-7-5-4-6(8-3-13-4)10-11-9-5/h12H,1-2H2,(H,7,9,10). The maximum Gasteiger partial charge on any atom is 0.199 e. The van der Waals surface area contributed by atoms with Crippen molar-refractivity contribution in [2.24, 2.45) is 0 Å². The van der Waals surface area contributed by atoms with Gasteiger partial charge in [-0.25, -0.2) is 4.98 Å². The summed E-state index contributed by atoms with van der Waals surface area (Å²) < 4.78 is 0.809. The molecular weight excluding hydrogens is 190 g/mol. The van der Waals surface area contributed by atoms with Crippen LogP contribution >= 0.6 is 11.3 Å². The highest BCUT2D eigenvalue weighted by Gasteiger charge is 2.05. The lowest BCUT2D eigenvalue weighted by molar-refractivity contribution is 0.311. The molecule has 7 heteroatoms. The zero-order chi connectivity index (χ0) is 9.10. The molecule has 0 aromatic carbocycles. The summed E-state index contributed by atoms with van der Waals surface area (Å²) in [5, 5.41) is 22.5. The first-order valence-electron chi connectivity index (χ1n) is 3.62. The van der Waals surface area contributed by atoms with Gasteiger partial charge in [0.05, 0.1) is 6.61 Å². The Morgan fingerprint density at radius 3 is 3.23 bits per heavy atom. The Morgan fingerprint density at radius 2 is 2.38 bits per heavy atom. The molecule has 0 fully saturated rings. The summed E-state index contributed by atoms with van der Waals surface area (Å²) in [6.07, 6.45) is 0. The van der Waals surface area contributed by atoms with Crippen LogP contribution in [0.15, 0.2) is 0 Å². The van der Waals surface area contributed by atoms with E-state index in [1.54, 1.807) is 0 Å². The van der Waals surface area contributed by atoms with Gasteiger partial charge >= 0.3 is 0 Å². The number of nitrogens with zero attached hydrogens (tertiary/aromatic N) is 4. The maximum atomic E-state index is 8.60. The zero-order valence-corrected chi connectivity index (χ0v) is 7.38. The third-order valence-electron chi connectivity index (χ3n) is 1.41. The number of anilines is 1. The minimum absolute atomic E-state index is 0.0496. The fourth-order valence-corrected chi connectivity index (χ4v) is 1.49. The molecule has 0 saturated carbocycles. The van der Waals surface area contributed by atoms with Gasteiger partial charge in [0, 0.05) is 6.54 Å². The third kappa shape index (κ3) is 1.56. The van der Waals surface area contributed by atoms with E-state index in [0.717, 1.165) is 4.70 Å². The average molecular weight is 196 g/mol. The highest BCUT2D eigenvalue weighted by atomic mass is 32.1. The largest absolute Gasteiger partial charge is 0.395 e. The molecule has 0 atom stereocenters. The Morgan fingerprint density at radius 1 is 1.46 bits per heavy atom. The molecule has 6 nitrogen and oxygen atoms in total. The van der Waals surface area contributed by atoms with E-state index in [1.807, 2.05) is 0 Å². The smallest absolute Gasteiger partial charge is 0.199 e. The molecule has 0 spiro atoms. The summed E-state index contributed by atoms with van der Waals surface area (Å²) in [5.74, 6) is 0.595. The Balaban J connectivity index is 2.37. The van der Waals surface area contributed by atoms with Crippen molar-refractivity contribution in [2.75, 3.05) is 18.5 Å². The topological polar surface area (TPSA) is 83.8 Å². The first-order chi connectivity index (χ1) is 6.42. The number of aliphatic hydroxyl groups is 1. The molecule has 0 aliphatic carbocycles. The van der Waals surface area contributed by atoms with Gasteiger partial charge in [0.1, 0.15) is 4.70 Å². The molecule has 0 amide bonds. The first-order valence-corrected chi connectivity index (χ1v) is 4.44. The van der Waals surface area contributed by atoms with Crippen LogP contribution in [0.3, 0.4) is 0 Å². The van der Waals surface area contributed by atoms with Gasteiger partial charge in [-0.2, -0.15) is 0 Å². The van der Waals surface area contributed by atoms with Crippen molar-refractivity contribution in [2.45, 2.75) is 0 Å². The van der Waals surface area contributed by atoms with Crippen molar-refractivity contribution >= 4 is 27.5 Å². The van der Waals surface area contributed by atoms with Crippen LogP contribution in [-0.4, -0.2) is 38.7 Å². The predicted molar refractivity (Wildman–Crippen MR) is 47.4 cm³/mol. The van der Waals surface area contributed by atoms with E-state index in [2.05, 4.69) is 31.2 Å². The fourth-order valence-electron chi connectivity index (χ4n) is 0.875. The number of aliphatic hydroxyl groups excluding tert-OH is 1. The van der Waals surface area contributed by atoms with Crippen molar-refractivity contribution in [3.8, 4) is 0 Å². The van der Waals surface area contributed by atoms with E-state index >= 15 is 0 Å². The number of hydrogen-bond acceptors (Lipinski definition) is 7. The van der Waals surface area contributed by atoms with Gasteiger partial charge in [-0.05, 0) is 5.21 Å². The molecule has 0 aliphatic rings. The molecule has 2 aromatic rings. The third-order valence-corrected chi connectivity index (χ3v) is 2.17. The summed E-state index contributed by atoms with van der Waals surface area (Å²) in [6.45, 7) is 0.486. The van der Waals surface area contributed by atoms with Gasteiger partial charge in [-0.1, -0.05) is 0 Å². The number of hydrogen-bond donors (Lipinski definition) is 2. The van der Waals surface area contributed by atoms with Gasteiger partial charge in [0.15, 0.2) is 17.0 Å². The van der Waals surface area contributed by atoms with E-state index in [0.29, 0.717) is 18.0 Å². The lowest BCUT2D eigenvalue weighted by atomic mass is 10.5. The van der Waals surface area contributed by atoms with Crippen molar-refractivity contribution in [3.63, 3.8) is 0 Å². The number of rotatable bonds is 3. The molecule has 2 rings (SSSR count). The lowest BCUT2D eigenvalue weighted by Crippen LogP contribution is -2.08. The van der Waals surface area contributed by atoms with Crippen LogP contribution in [0.2, 0.25) is 0 Å². The summed E-state index contributed by atoms with van der Waals surface area (Å²) in [5.41, 5.74) is 3.23. The number of fused-ring (bicyclic) bond motifs is 1. The van der Waals surface area contributed by atoms with Gasteiger partial charge in [0.2, 0.25) is 0 Å². The molecule has 13 heavy (non-hydrogen) atoms. The summed E-state index contributed by atoms with van der Waals surface area (Å²) in [4.78, 5) is 3.86. The van der Waals surface area contributed by atoms with Crippen molar-refractivity contribution < 1.29 is 5.11 Å². The quantitative estimate of drug-likeness (QED) is 0.700. The lowest BCUT2D eigenvalue weighted by Gasteiger charge is -2.00. The second-order valence-corrected chi connectivity index (χ2v) is 3.04. The Bertz CT molecular complexity index is 403. The predicted octanol–water partition coefficient (Wildman–Crippen LogP) is -0.314. The molecule has 2 heterocycles. The number of thiazole rings is 1. The van der Waals surface area contributed by atoms with E-state index in [9.17, 15) is 0 Å². The molecule has 0 bridgehead atoms. The molecule has 2 aromatic heterocycles. The summed E-state index contributed by atoms with van der Waals surface area (Å²) in [6, 6.07) is 0. The molecule has 2 N–H and O–H groups in total. The number of aromatic nitrogens is 4. The van der Waals surface area contributed by atoms with Crippen molar-refractivity contribution in [1.29, 1.82) is 0 Å². The highest BCUT2D eigenvalue weighted by Crippen LogP contribution is 2.20. The van der Waals surface area contributed by atoms with E-state index in [1.165, 1.54) is 11.3 Å². The van der Waals surface area contributed by atoms with Gasteiger partial charge in [-0.3, -0.25) is 0 Å². The summed E-state index contributed by atoms with van der Waals surface area (Å²) >= 11 is 1.32. The second kappa shape index (κ2) is 3.58. The molecular formula is C6H6N5OS. The van der Waals surface area contributed by atoms with Crippen LogP contribution < -0.4 is 5.32 Å². The zero-order valence-electron chi connectivity index (χ0n) is 6.56. The molecule has 0 aliphatic heterocycles. The monoisotopic (exact) mass is 196 g/mol. The maximum absolute atomic E-state index is 8.60. The van der Waals surface area contributed by atoms with E-state index in [-0.39, 0.29) is 6.61 Å². The SMILES string of the molecule is OCCNc1nnnc2n[c]sc12. The first kappa shape index (κ1) is 8.27. The molecule has 1 radical (unpaired) electrons. The van der Waals surface area contributed by atoms with Gasteiger partial charge < -0.3 is 10.4 Å². The van der Waals surface area contributed by atoms with Crippen LogP contribution in [0.4, 0.5) is 5.82 Å². The Labute approximate surface area is 77.6 Å². The van der Waals surface area contributed by atoms with E-state index < -0.39 is 0 Å². The van der Waals surface area contributed by atoms with Crippen LogP contribution in [0.5, 0.6) is 0 Å². The summed E-state index contributed by atoms with van der Waals surface area (Å²) in [7, 11) is 0. The Kier molecular flexibility index (Phi) is 2.28. The van der Waals surface area contributed by atoms with Crippen molar-refractivity contribution in [3.05, 3.63) is 5.51 Å². The van der Waals surface area contributed by atoms with Gasteiger partial charge in [-0.15, -0.1) is 21.5 Å². The highest BCUT2D eigenvalue weighted by molar-refractivity contribution is 7.16. The van der Waals surface area contributed by atoms with Gasteiger partial charge in [0.25, 0.3) is 0 Å². The van der Waals surface area contributed by atoms with Crippen molar-refractivity contribution in [1.82, 2.24) is 20.4 Å². The minimum atomic E-state index is 0.0496. The number of nitrogens with one attached hydrogen (secondary N) is 1. The minimum Gasteiger partial charge on any atom is -0.395 e. The van der Waals surface area contributed by atoms with Crippen LogP contribution in [0, 0.1) is 5.51 Å². The Hall–Kier alpha value is -1.34. The van der Waals surface area contributed by atoms with E-state index in [4.69, 9.17) is 5.11 Å². The molecule has 0 unspecified atom stereocenters. The van der Waals surface area contributed by atoms with Crippen LogP contribution in [0.25, 0.3) is 10.3 Å². The van der Waals surface area contributed by atoms with Crippen LogP contribution in [-0.2, 0) is 0 Å². The second-order valence-electron chi connectivity index (χ2n) is 2.25. The van der Waals surface area contributed by atoms with Crippen LogP contribution in [0.1, 0.15) is 0 Å². The molecule has 67 valence electrons. The normalized spacial score (nSPS) is 10.5. The average Bonchev–Trinajstić information content (AvgIpc) is 2.62. The fraction of sp³-hybridized carbons (Fsp3) is 0.333. The molecule has 0 saturated heterocycles.